The van der Waals surface area contributed by atoms with Crippen LogP contribution in [0.4, 0.5) is 0 Å². The van der Waals surface area contributed by atoms with Gasteiger partial charge in [0.25, 0.3) is 0 Å². The molecule has 21 heavy (non-hydrogen) atoms. The number of carbonyl (C=O) groups is 1. The van der Waals surface area contributed by atoms with Gasteiger partial charge in [0.15, 0.2) is 0 Å². The molecule has 2 aromatic rings. The molecule has 0 aromatic heterocycles. The number of hydrogen-bond acceptors (Lipinski definition) is 2. The summed E-state index contributed by atoms with van der Waals surface area (Å²) in [6, 6.07) is 16.1. The molecule has 2 aromatic carbocycles. The molecule has 0 aliphatic carbocycles. The van der Waals surface area contributed by atoms with Crippen LogP contribution in [0.5, 0.6) is 0 Å². The van der Waals surface area contributed by atoms with E-state index in [1.54, 1.807) is 12.1 Å². The molecule has 0 spiro atoms. The van der Waals surface area contributed by atoms with Gasteiger partial charge in [0.1, 0.15) is 11.0 Å². The molecule has 0 heterocycles. The fourth-order valence-corrected chi connectivity index (χ4v) is 2.42. The first-order chi connectivity index (χ1) is 10.1. The highest BCUT2D eigenvalue weighted by molar-refractivity contribution is 7.80. The van der Waals surface area contributed by atoms with Gasteiger partial charge in [-0.05, 0) is 23.3 Å². The molecule has 5 heteroatoms. The Kier molecular flexibility index (Phi) is 5.31. The first-order valence-corrected chi connectivity index (χ1v) is 7.23. The first-order valence-electron chi connectivity index (χ1n) is 6.44. The second-order valence-electron chi connectivity index (χ2n) is 4.62. The summed E-state index contributed by atoms with van der Waals surface area (Å²) >= 11 is 11.0. The van der Waals surface area contributed by atoms with E-state index in [0.717, 1.165) is 11.1 Å². The van der Waals surface area contributed by atoms with Crippen LogP contribution in [0.25, 0.3) is 0 Å². The zero-order chi connectivity index (χ0) is 15.2. The predicted octanol–water partition coefficient (Wildman–Crippen LogP) is 3.03. The predicted molar refractivity (Wildman–Crippen MR) is 89.3 cm³/mol. The van der Waals surface area contributed by atoms with Crippen molar-refractivity contribution in [3.8, 4) is 0 Å². The Labute approximate surface area is 134 Å². The number of hydrogen-bond donors (Lipinski definition) is 2. The van der Waals surface area contributed by atoms with Gasteiger partial charge in [-0.1, -0.05) is 66.3 Å². The first kappa shape index (κ1) is 15.5. The molecule has 3 N–H and O–H groups in total. The van der Waals surface area contributed by atoms with Gasteiger partial charge in [0, 0.05) is 5.02 Å². The fourth-order valence-electron chi connectivity index (χ4n) is 2.01. The third-order valence-corrected chi connectivity index (χ3v) is 3.45. The van der Waals surface area contributed by atoms with Crippen LogP contribution < -0.4 is 11.1 Å². The summed E-state index contributed by atoms with van der Waals surface area (Å²) in [4.78, 5) is 12.4. The van der Waals surface area contributed by atoms with Gasteiger partial charge in [-0.2, -0.15) is 0 Å². The van der Waals surface area contributed by atoms with Crippen LogP contribution in [0.3, 0.4) is 0 Å². The molecule has 0 bridgehead atoms. The molecule has 0 fully saturated rings. The molecule has 0 radical (unpaired) electrons. The molecule has 1 atom stereocenters. The quantitative estimate of drug-likeness (QED) is 0.833. The van der Waals surface area contributed by atoms with Crippen molar-refractivity contribution in [2.24, 2.45) is 5.73 Å². The molecule has 0 aliphatic rings. The summed E-state index contributed by atoms with van der Waals surface area (Å²) in [5, 5.41) is 3.46. The lowest BCUT2D eigenvalue weighted by molar-refractivity contribution is -0.120. The molecule has 1 unspecified atom stereocenters. The number of nitrogens with two attached hydrogens (primary N) is 1. The highest BCUT2D eigenvalue weighted by atomic mass is 35.5. The zero-order valence-corrected chi connectivity index (χ0v) is 12.8. The summed E-state index contributed by atoms with van der Waals surface area (Å²) in [6.45, 7) is 0. The molecule has 108 valence electrons. The van der Waals surface area contributed by atoms with Crippen LogP contribution in [0.2, 0.25) is 5.02 Å². The summed E-state index contributed by atoms with van der Waals surface area (Å²) in [5.74, 6) is -0.154. The molecule has 0 saturated heterocycles. The van der Waals surface area contributed by atoms with Gasteiger partial charge in [-0.25, -0.2) is 0 Å². The van der Waals surface area contributed by atoms with Crippen LogP contribution in [0.1, 0.15) is 17.2 Å². The Bertz CT molecular complexity index is 646. The minimum atomic E-state index is -0.465. The van der Waals surface area contributed by atoms with Crippen LogP contribution in [0, 0.1) is 0 Å². The lowest BCUT2D eigenvalue weighted by atomic mass is 10.1. The maximum Gasteiger partial charge on any atom is 0.225 e. The minimum absolute atomic E-state index is 0.154. The van der Waals surface area contributed by atoms with E-state index in [2.05, 4.69) is 5.32 Å². The van der Waals surface area contributed by atoms with Crippen LogP contribution in [-0.4, -0.2) is 10.9 Å². The van der Waals surface area contributed by atoms with Gasteiger partial charge in [0.2, 0.25) is 5.91 Å². The van der Waals surface area contributed by atoms with Crippen LogP contribution in [0.15, 0.2) is 54.6 Å². The fraction of sp³-hybridized carbons (Fsp3) is 0.125. The number of carbonyl (C=O) groups excluding carboxylic acids is 1. The van der Waals surface area contributed by atoms with Gasteiger partial charge in [-0.3, -0.25) is 4.79 Å². The van der Waals surface area contributed by atoms with Crippen molar-refractivity contribution in [3.05, 3.63) is 70.7 Å². The number of halogens is 1. The standard InChI is InChI=1S/C16H15ClN2OS/c17-13-8-4-5-11(9-13)10-14(20)19-15(16(18)21)12-6-2-1-3-7-12/h1-9,15H,10H2,(H2,18,21)(H,19,20). The van der Waals surface area contributed by atoms with Crippen molar-refractivity contribution >= 4 is 34.7 Å². The maximum absolute atomic E-state index is 12.1. The van der Waals surface area contributed by atoms with E-state index < -0.39 is 6.04 Å². The Hall–Kier alpha value is -1.91. The largest absolute Gasteiger partial charge is 0.391 e. The van der Waals surface area contributed by atoms with E-state index in [1.807, 2.05) is 42.5 Å². The second-order valence-corrected chi connectivity index (χ2v) is 5.53. The molecule has 3 nitrogen and oxygen atoms in total. The topological polar surface area (TPSA) is 55.1 Å². The highest BCUT2D eigenvalue weighted by Gasteiger charge is 2.17. The lowest BCUT2D eigenvalue weighted by Crippen LogP contribution is -2.37. The van der Waals surface area contributed by atoms with E-state index in [-0.39, 0.29) is 17.3 Å². The summed E-state index contributed by atoms with van der Waals surface area (Å²) in [6.07, 6.45) is 0.229. The van der Waals surface area contributed by atoms with E-state index in [9.17, 15) is 4.79 Å². The Balaban J connectivity index is 2.07. The SMILES string of the molecule is NC(=S)C(NC(=O)Cc1cccc(Cl)c1)c1ccccc1. The van der Waals surface area contributed by atoms with Crippen LogP contribution >= 0.6 is 23.8 Å². The average molecular weight is 319 g/mol. The Morgan fingerprint density at radius 1 is 1.19 bits per heavy atom. The van der Waals surface area contributed by atoms with Crippen molar-refractivity contribution in [3.63, 3.8) is 0 Å². The number of thiocarbonyl (C=S) groups is 1. The number of rotatable bonds is 5. The van der Waals surface area contributed by atoms with E-state index >= 15 is 0 Å². The van der Waals surface area contributed by atoms with Gasteiger partial charge in [0.05, 0.1) is 6.42 Å². The highest BCUT2D eigenvalue weighted by Crippen LogP contribution is 2.14. The zero-order valence-electron chi connectivity index (χ0n) is 11.3. The van der Waals surface area contributed by atoms with Crippen molar-refractivity contribution in [1.82, 2.24) is 5.32 Å². The van der Waals surface area contributed by atoms with Gasteiger partial charge < -0.3 is 11.1 Å². The van der Waals surface area contributed by atoms with Crippen molar-refractivity contribution in [1.29, 1.82) is 0 Å². The lowest BCUT2D eigenvalue weighted by Gasteiger charge is -2.18. The monoisotopic (exact) mass is 318 g/mol. The molecular formula is C16H15ClN2OS. The minimum Gasteiger partial charge on any atom is -0.391 e. The Morgan fingerprint density at radius 3 is 2.52 bits per heavy atom. The Morgan fingerprint density at radius 2 is 1.90 bits per heavy atom. The molecule has 2 rings (SSSR count). The molecule has 0 aliphatic heterocycles. The van der Waals surface area contributed by atoms with E-state index in [0.29, 0.717) is 5.02 Å². The summed E-state index contributed by atoms with van der Waals surface area (Å²) < 4.78 is 0. The smallest absolute Gasteiger partial charge is 0.225 e. The maximum atomic E-state index is 12.1. The molecule has 0 saturated carbocycles. The summed E-state index contributed by atoms with van der Waals surface area (Å²) in [5.41, 5.74) is 7.44. The van der Waals surface area contributed by atoms with Crippen molar-refractivity contribution in [2.45, 2.75) is 12.5 Å². The van der Waals surface area contributed by atoms with E-state index in [1.165, 1.54) is 0 Å². The number of nitrogens with one attached hydrogen (secondary N) is 1. The van der Waals surface area contributed by atoms with Crippen LogP contribution in [-0.2, 0) is 11.2 Å². The van der Waals surface area contributed by atoms with Crippen molar-refractivity contribution < 1.29 is 4.79 Å². The number of amides is 1. The molecular weight excluding hydrogens is 304 g/mol. The third-order valence-electron chi connectivity index (χ3n) is 2.98. The number of benzene rings is 2. The van der Waals surface area contributed by atoms with Crippen molar-refractivity contribution in [2.75, 3.05) is 0 Å². The molecule has 1 amide bonds. The normalized spacial score (nSPS) is 11.7. The average Bonchev–Trinajstić information content (AvgIpc) is 2.45. The summed E-state index contributed by atoms with van der Waals surface area (Å²) in [7, 11) is 0. The van der Waals surface area contributed by atoms with Gasteiger partial charge in [-0.15, -0.1) is 0 Å². The van der Waals surface area contributed by atoms with E-state index in [4.69, 9.17) is 29.6 Å². The third kappa shape index (κ3) is 4.55. The van der Waals surface area contributed by atoms with Gasteiger partial charge >= 0.3 is 0 Å². The second kappa shape index (κ2) is 7.20.